The average Bonchev–Trinajstić information content (AvgIpc) is 3.55. The van der Waals surface area contributed by atoms with Crippen molar-refractivity contribution in [1.29, 1.82) is 0 Å². The first-order valence-electron chi connectivity index (χ1n) is 14.3. The number of aromatic nitrogens is 1. The predicted molar refractivity (Wildman–Crippen MR) is 174 cm³/mol. The molecule has 0 radical (unpaired) electrons. The van der Waals surface area contributed by atoms with Gasteiger partial charge in [-0.25, -0.2) is 27.7 Å². The van der Waals surface area contributed by atoms with Crippen molar-refractivity contribution in [2.24, 2.45) is 0 Å². The van der Waals surface area contributed by atoms with Crippen molar-refractivity contribution in [3.8, 4) is 11.1 Å². The highest BCUT2D eigenvalue weighted by Gasteiger charge is 2.38. The van der Waals surface area contributed by atoms with Gasteiger partial charge in [-0.15, -0.1) is 0 Å². The van der Waals surface area contributed by atoms with Crippen molar-refractivity contribution in [1.82, 2.24) is 4.98 Å². The van der Waals surface area contributed by atoms with Crippen molar-refractivity contribution >= 4 is 63.2 Å². The first kappa shape index (κ1) is 33.2. The molecule has 3 amide bonds. The highest BCUT2D eigenvalue weighted by atomic mass is 127. The molecule has 0 atom stereocenters. The van der Waals surface area contributed by atoms with E-state index in [0.717, 1.165) is 18.2 Å². The molecular formula is C33H31F3IN3O6. The number of rotatable bonds is 4. The molecule has 0 spiro atoms. The molecule has 2 aromatic heterocycles. The smallest absolute Gasteiger partial charge is 0.422 e. The van der Waals surface area contributed by atoms with Crippen LogP contribution in [0, 0.1) is 21.0 Å². The van der Waals surface area contributed by atoms with E-state index in [1.165, 1.54) is 17.0 Å². The van der Waals surface area contributed by atoms with Crippen LogP contribution in [0.2, 0.25) is 0 Å². The predicted octanol–water partition coefficient (Wildman–Crippen LogP) is 8.41. The molecule has 9 nitrogen and oxygen atoms in total. The van der Waals surface area contributed by atoms with Crippen LogP contribution in [-0.4, -0.2) is 39.8 Å². The molecule has 5 rings (SSSR count). The monoisotopic (exact) mass is 749 g/mol. The van der Waals surface area contributed by atoms with Crippen LogP contribution in [0.1, 0.15) is 64.1 Å². The molecule has 0 saturated heterocycles. The van der Waals surface area contributed by atoms with Crippen LogP contribution in [0.5, 0.6) is 0 Å². The highest BCUT2D eigenvalue weighted by molar-refractivity contribution is 14.1. The molecule has 1 aliphatic heterocycles. The minimum atomic E-state index is -1.80. The summed E-state index contributed by atoms with van der Waals surface area (Å²) in [6.45, 7) is 11.1. The van der Waals surface area contributed by atoms with Crippen LogP contribution in [0.3, 0.4) is 0 Å². The van der Waals surface area contributed by atoms with Crippen LogP contribution in [0.15, 0.2) is 34.7 Å². The Labute approximate surface area is 276 Å². The number of anilines is 2. The summed E-state index contributed by atoms with van der Waals surface area (Å²) in [4.78, 5) is 43.7. The Morgan fingerprint density at radius 3 is 2.24 bits per heavy atom. The van der Waals surface area contributed by atoms with Gasteiger partial charge in [0.1, 0.15) is 23.2 Å². The second kappa shape index (κ2) is 11.6. The van der Waals surface area contributed by atoms with Gasteiger partial charge in [0.05, 0.1) is 21.1 Å². The number of carbonyl (C=O) groups excluding carboxylic acids is 1. The number of carboxylic acid groups (broad SMARTS) is 2. The molecule has 2 N–H and O–H groups in total. The Balaban J connectivity index is 1.75. The van der Waals surface area contributed by atoms with E-state index in [1.807, 2.05) is 64.1 Å². The lowest BCUT2D eigenvalue weighted by Crippen LogP contribution is -2.36. The number of furan rings is 1. The van der Waals surface area contributed by atoms with Gasteiger partial charge in [0.2, 0.25) is 5.91 Å². The van der Waals surface area contributed by atoms with E-state index in [-0.39, 0.29) is 62.5 Å². The van der Waals surface area contributed by atoms with E-state index in [2.05, 4.69) is 4.98 Å². The fourth-order valence-electron chi connectivity index (χ4n) is 5.66. The number of amides is 3. The molecule has 3 heterocycles. The van der Waals surface area contributed by atoms with Crippen LogP contribution >= 0.6 is 22.6 Å². The lowest BCUT2D eigenvalue weighted by Gasteiger charge is -2.23. The summed E-state index contributed by atoms with van der Waals surface area (Å²) in [7, 11) is 0. The number of pyridine rings is 1. The third-order valence-electron chi connectivity index (χ3n) is 7.76. The molecule has 0 bridgehead atoms. The van der Waals surface area contributed by atoms with Crippen molar-refractivity contribution in [3.05, 3.63) is 73.9 Å². The van der Waals surface area contributed by atoms with Gasteiger partial charge in [0.25, 0.3) is 0 Å². The third-order valence-corrected chi connectivity index (χ3v) is 8.76. The lowest BCUT2D eigenvalue weighted by atomic mass is 9.86. The van der Waals surface area contributed by atoms with E-state index >= 15 is 4.39 Å². The summed E-state index contributed by atoms with van der Waals surface area (Å²) in [5.74, 6) is -2.85. The molecule has 46 heavy (non-hydrogen) atoms. The summed E-state index contributed by atoms with van der Waals surface area (Å²) in [5.41, 5.74) is -0.401. The zero-order valence-corrected chi connectivity index (χ0v) is 28.0. The Bertz CT molecular complexity index is 1930. The van der Waals surface area contributed by atoms with Gasteiger partial charge in [0, 0.05) is 45.3 Å². The molecule has 0 unspecified atom stereocenters. The number of imide groups is 1. The fraction of sp³-hybridized carbons (Fsp3) is 0.333. The van der Waals surface area contributed by atoms with Gasteiger partial charge in [-0.1, -0.05) is 41.5 Å². The molecule has 0 saturated carbocycles. The summed E-state index contributed by atoms with van der Waals surface area (Å²) in [6, 6.07) is 5.78. The molecule has 2 aromatic carbocycles. The van der Waals surface area contributed by atoms with Crippen LogP contribution in [0.4, 0.5) is 34.3 Å². The number of halogens is 4. The second-order valence-corrected chi connectivity index (χ2v) is 14.2. The Morgan fingerprint density at radius 2 is 1.65 bits per heavy atom. The van der Waals surface area contributed by atoms with E-state index in [0.29, 0.717) is 9.26 Å². The van der Waals surface area contributed by atoms with Crippen molar-refractivity contribution in [2.75, 3.05) is 16.3 Å². The normalized spacial score (nSPS) is 13.3. The van der Waals surface area contributed by atoms with E-state index < -0.39 is 58.6 Å². The molecule has 13 heteroatoms. The average molecular weight is 750 g/mol. The van der Waals surface area contributed by atoms with Crippen molar-refractivity contribution < 1.29 is 42.2 Å². The molecule has 1 aliphatic rings. The summed E-state index contributed by atoms with van der Waals surface area (Å²) in [5, 5.41) is 19.9. The standard InChI is InChI=1S/C33H31F3IN3O6/c1-32(2,3)27-25(37)26-23(29(38-27)40(30(42)43)31(44)45)22(28(46-26)33(4,5)6)18-8-10-20-17(24(18)36)11-12-39(20)21(41)14-15-13-16(34)7-9-19(15)35/h7-10,13H,11-12,14H2,1-6H3,(H,42,43)(H,44,45). The SMILES string of the molecule is CC(C)(C)c1nc(N(C(=O)O)C(=O)O)c2c(-c3ccc4c(c3F)CCN4C(=O)Cc3cc(F)ccc3F)c(C(C)(C)C)oc2c1I. The number of carbonyl (C=O) groups is 3. The maximum absolute atomic E-state index is 16.7. The van der Waals surface area contributed by atoms with Crippen molar-refractivity contribution in [3.63, 3.8) is 0 Å². The van der Waals surface area contributed by atoms with Gasteiger partial charge in [0.15, 0.2) is 11.4 Å². The number of hydrogen-bond donors (Lipinski definition) is 2. The van der Waals surface area contributed by atoms with Gasteiger partial charge < -0.3 is 19.5 Å². The summed E-state index contributed by atoms with van der Waals surface area (Å²) >= 11 is 2.02. The number of nitrogens with zero attached hydrogens (tertiary/aromatic N) is 3. The molecular weight excluding hydrogens is 718 g/mol. The van der Waals surface area contributed by atoms with Gasteiger partial charge in [-0.3, -0.25) is 4.79 Å². The first-order chi connectivity index (χ1) is 21.3. The third kappa shape index (κ3) is 5.69. The Hall–Kier alpha value is -4.14. The molecule has 4 aromatic rings. The van der Waals surface area contributed by atoms with Gasteiger partial charge in [-0.2, -0.15) is 4.90 Å². The molecule has 242 valence electrons. The number of benzene rings is 2. The van der Waals surface area contributed by atoms with Crippen LogP contribution in [-0.2, 0) is 28.5 Å². The maximum Gasteiger partial charge on any atom is 0.422 e. The minimum absolute atomic E-state index is 0.00554. The Kier molecular flexibility index (Phi) is 8.37. The Morgan fingerprint density at radius 1 is 1.00 bits per heavy atom. The van der Waals surface area contributed by atoms with E-state index in [1.54, 1.807) is 0 Å². The topological polar surface area (TPSA) is 124 Å². The quantitative estimate of drug-likeness (QED) is 0.201. The lowest BCUT2D eigenvalue weighted by molar-refractivity contribution is -0.117. The number of fused-ring (bicyclic) bond motifs is 2. The summed E-state index contributed by atoms with van der Waals surface area (Å²) in [6.07, 6.45) is -3.92. The van der Waals surface area contributed by atoms with E-state index in [4.69, 9.17) is 4.42 Å². The first-order valence-corrected chi connectivity index (χ1v) is 15.4. The van der Waals surface area contributed by atoms with Crippen LogP contribution < -0.4 is 9.80 Å². The second-order valence-electron chi connectivity index (χ2n) is 13.1. The van der Waals surface area contributed by atoms with Gasteiger partial charge in [-0.05, 0) is 59.3 Å². The maximum atomic E-state index is 16.7. The molecule has 0 fully saturated rings. The largest absolute Gasteiger partial charge is 0.464 e. The number of hydrogen-bond acceptors (Lipinski definition) is 5. The zero-order chi connectivity index (χ0) is 34.0. The van der Waals surface area contributed by atoms with Gasteiger partial charge >= 0.3 is 12.2 Å². The van der Waals surface area contributed by atoms with E-state index in [9.17, 15) is 33.4 Å². The van der Waals surface area contributed by atoms with Crippen LogP contribution in [0.25, 0.3) is 22.1 Å². The van der Waals surface area contributed by atoms with Crippen molar-refractivity contribution in [2.45, 2.75) is 65.2 Å². The minimum Gasteiger partial charge on any atom is -0.464 e. The molecule has 0 aliphatic carbocycles. The highest BCUT2D eigenvalue weighted by Crippen LogP contribution is 2.49. The summed E-state index contributed by atoms with van der Waals surface area (Å²) < 4.78 is 51.6. The fourth-order valence-corrected chi connectivity index (χ4v) is 6.97. The zero-order valence-electron chi connectivity index (χ0n) is 25.9.